The highest BCUT2D eigenvalue weighted by Crippen LogP contribution is 2.16. The monoisotopic (exact) mass is 328 g/mol. The summed E-state index contributed by atoms with van der Waals surface area (Å²) in [4.78, 5) is 11.8. The number of nitrogens with one attached hydrogen (secondary N) is 1. The molecular weight excluding hydrogens is 312 g/mol. The Kier molecular flexibility index (Phi) is 6.39. The van der Waals surface area contributed by atoms with Crippen molar-refractivity contribution in [3.63, 3.8) is 0 Å². The number of carbonyl (C=O) groups excluding carboxylic acids is 1. The molecule has 0 fully saturated rings. The molecule has 0 aromatic heterocycles. The van der Waals surface area contributed by atoms with Crippen molar-refractivity contribution in [3.8, 4) is 5.75 Å². The smallest absolute Gasteiger partial charge is 0.280 e. The number of benzene rings is 2. The van der Waals surface area contributed by atoms with Gasteiger partial charge in [0, 0.05) is 11.2 Å². The predicted molar refractivity (Wildman–Crippen MR) is 93.7 cm³/mol. The molecule has 0 aliphatic carbocycles. The van der Waals surface area contributed by atoms with Crippen LogP contribution in [0, 0.1) is 0 Å². The number of hydrogen-bond donors (Lipinski definition) is 1. The van der Waals surface area contributed by atoms with Gasteiger partial charge in [-0.05, 0) is 42.8 Å². The predicted octanol–water partition coefficient (Wildman–Crippen LogP) is 3.92. The fourth-order valence-electron chi connectivity index (χ4n) is 1.72. The molecule has 0 radical (unpaired) electrons. The zero-order valence-electron chi connectivity index (χ0n) is 12.6. The Bertz CT molecular complexity index is 682. The molecule has 0 bridgehead atoms. The van der Waals surface area contributed by atoms with Gasteiger partial charge in [0.2, 0.25) is 0 Å². The molecule has 1 N–H and O–H groups in total. The van der Waals surface area contributed by atoms with E-state index in [1.807, 2.05) is 36.4 Å². The minimum atomic E-state index is -0.661. The summed E-state index contributed by atoms with van der Waals surface area (Å²) in [5, 5.41) is 4.47. The SMILES string of the molecule is CC(Oc1ccc(Cl)cc1)C(=O)NN=CC=Cc1ccccc1. The maximum Gasteiger partial charge on any atom is 0.280 e. The molecule has 1 atom stereocenters. The highest BCUT2D eigenvalue weighted by atomic mass is 35.5. The quantitative estimate of drug-likeness (QED) is 0.645. The fraction of sp³-hybridized carbons (Fsp3) is 0.111. The molecule has 4 nitrogen and oxygen atoms in total. The van der Waals surface area contributed by atoms with E-state index in [0.29, 0.717) is 10.8 Å². The standard InChI is InChI=1S/C18H17ClN2O2/c1-14(23-17-11-9-16(19)10-12-17)18(22)21-20-13-5-8-15-6-3-2-4-7-15/h2-14H,1H3,(H,21,22). The number of allylic oxidation sites excluding steroid dienone is 1. The van der Waals surface area contributed by atoms with Gasteiger partial charge in [0.1, 0.15) is 5.75 Å². The number of hydrazone groups is 1. The van der Waals surface area contributed by atoms with E-state index in [1.165, 1.54) is 6.21 Å². The van der Waals surface area contributed by atoms with Gasteiger partial charge < -0.3 is 4.74 Å². The number of rotatable bonds is 6. The topological polar surface area (TPSA) is 50.7 Å². The van der Waals surface area contributed by atoms with Crippen molar-refractivity contribution in [2.24, 2.45) is 5.10 Å². The van der Waals surface area contributed by atoms with Crippen LogP contribution in [0.1, 0.15) is 12.5 Å². The van der Waals surface area contributed by atoms with Crippen LogP contribution in [-0.2, 0) is 4.79 Å². The number of carbonyl (C=O) groups is 1. The van der Waals surface area contributed by atoms with Gasteiger partial charge in [-0.2, -0.15) is 5.10 Å². The van der Waals surface area contributed by atoms with Gasteiger partial charge in [-0.3, -0.25) is 4.79 Å². The second kappa shape index (κ2) is 8.76. The summed E-state index contributed by atoms with van der Waals surface area (Å²) >= 11 is 5.79. The average Bonchev–Trinajstić information content (AvgIpc) is 2.57. The van der Waals surface area contributed by atoms with E-state index in [-0.39, 0.29) is 5.91 Å². The van der Waals surface area contributed by atoms with E-state index in [9.17, 15) is 4.79 Å². The molecule has 0 spiro atoms. The Labute approximate surface area is 140 Å². The van der Waals surface area contributed by atoms with Crippen LogP contribution in [-0.4, -0.2) is 18.2 Å². The first-order valence-electron chi connectivity index (χ1n) is 7.12. The zero-order valence-corrected chi connectivity index (χ0v) is 13.4. The normalized spacial score (nSPS) is 12.4. The van der Waals surface area contributed by atoms with Crippen molar-refractivity contribution in [2.75, 3.05) is 0 Å². The molecule has 0 saturated carbocycles. The van der Waals surface area contributed by atoms with Crippen molar-refractivity contribution in [3.05, 3.63) is 71.3 Å². The summed E-state index contributed by atoms with van der Waals surface area (Å²) in [6, 6.07) is 16.6. The molecule has 2 rings (SSSR count). The lowest BCUT2D eigenvalue weighted by Gasteiger charge is -2.12. The van der Waals surface area contributed by atoms with Crippen molar-refractivity contribution >= 4 is 29.8 Å². The van der Waals surface area contributed by atoms with Crippen molar-refractivity contribution in [1.82, 2.24) is 5.43 Å². The van der Waals surface area contributed by atoms with E-state index in [1.54, 1.807) is 37.3 Å². The summed E-state index contributed by atoms with van der Waals surface area (Å²) in [7, 11) is 0. The summed E-state index contributed by atoms with van der Waals surface area (Å²) in [5.41, 5.74) is 3.49. The number of hydrogen-bond acceptors (Lipinski definition) is 3. The van der Waals surface area contributed by atoms with Gasteiger partial charge in [0.05, 0.1) is 0 Å². The highest BCUT2D eigenvalue weighted by molar-refractivity contribution is 6.30. The molecule has 2 aromatic carbocycles. The summed E-state index contributed by atoms with van der Waals surface area (Å²) in [6.45, 7) is 1.65. The number of halogens is 1. The molecule has 0 heterocycles. The van der Waals surface area contributed by atoms with Gasteiger partial charge >= 0.3 is 0 Å². The van der Waals surface area contributed by atoms with Gasteiger partial charge in [0.15, 0.2) is 6.10 Å². The van der Waals surface area contributed by atoms with Crippen LogP contribution >= 0.6 is 11.6 Å². The maximum atomic E-state index is 11.8. The second-order valence-corrected chi connectivity index (χ2v) is 5.17. The summed E-state index contributed by atoms with van der Waals surface area (Å²) in [5.74, 6) is 0.245. The lowest BCUT2D eigenvalue weighted by Crippen LogP contribution is -2.33. The van der Waals surface area contributed by atoms with Gasteiger partial charge in [0.25, 0.3) is 5.91 Å². The largest absolute Gasteiger partial charge is 0.481 e. The average molecular weight is 329 g/mol. The first kappa shape index (κ1) is 16.8. The summed E-state index contributed by atoms with van der Waals surface area (Å²) < 4.78 is 5.49. The van der Waals surface area contributed by atoms with Gasteiger partial charge in [-0.15, -0.1) is 0 Å². The number of ether oxygens (including phenoxy) is 1. The van der Waals surface area contributed by atoms with Crippen molar-refractivity contribution in [1.29, 1.82) is 0 Å². The van der Waals surface area contributed by atoms with Gasteiger partial charge in [-0.1, -0.05) is 48.0 Å². The first-order chi connectivity index (χ1) is 11.1. The molecule has 0 aliphatic heterocycles. The molecule has 5 heteroatoms. The minimum Gasteiger partial charge on any atom is -0.481 e. The minimum absolute atomic E-state index is 0.329. The molecule has 118 valence electrons. The lowest BCUT2D eigenvalue weighted by atomic mass is 10.2. The fourth-order valence-corrected chi connectivity index (χ4v) is 1.85. The highest BCUT2D eigenvalue weighted by Gasteiger charge is 2.13. The van der Waals surface area contributed by atoms with Crippen molar-refractivity contribution in [2.45, 2.75) is 13.0 Å². The van der Waals surface area contributed by atoms with Crippen molar-refractivity contribution < 1.29 is 9.53 Å². The van der Waals surface area contributed by atoms with Crippen LogP contribution < -0.4 is 10.2 Å². The number of amides is 1. The van der Waals surface area contributed by atoms with Crippen LogP contribution in [0.15, 0.2) is 65.8 Å². The van der Waals surface area contributed by atoms with Gasteiger partial charge in [-0.25, -0.2) is 5.43 Å². The third-order valence-electron chi connectivity index (χ3n) is 2.92. The summed E-state index contributed by atoms with van der Waals surface area (Å²) in [6.07, 6.45) is 4.50. The Morgan fingerprint density at radius 3 is 2.57 bits per heavy atom. The molecule has 23 heavy (non-hydrogen) atoms. The number of nitrogens with zero attached hydrogens (tertiary/aromatic N) is 1. The zero-order chi connectivity index (χ0) is 16.5. The van der Waals surface area contributed by atoms with E-state index >= 15 is 0 Å². The van der Waals surface area contributed by atoms with Crippen LogP contribution in [0.25, 0.3) is 6.08 Å². The third-order valence-corrected chi connectivity index (χ3v) is 3.17. The molecule has 1 amide bonds. The Hall–Kier alpha value is -2.59. The Morgan fingerprint density at radius 2 is 1.87 bits per heavy atom. The molecule has 0 aliphatic rings. The molecule has 0 saturated heterocycles. The molecular formula is C18H17ClN2O2. The Morgan fingerprint density at radius 1 is 1.17 bits per heavy atom. The van der Waals surface area contributed by atoms with Crippen LogP contribution in [0.4, 0.5) is 0 Å². The lowest BCUT2D eigenvalue weighted by molar-refractivity contribution is -0.127. The molecule has 2 aromatic rings. The second-order valence-electron chi connectivity index (χ2n) is 4.74. The van der Waals surface area contributed by atoms with E-state index in [0.717, 1.165) is 5.56 Å². The van der Waals surface area contributed by atoms with Crippen LogP contribution in [0.2, 0.25) is 5.02 Å². The van der Waals surface area contributed by atoms with Crippen LogP contribution in [0.5, 0.6) is 5.75 Å². The maximum absolute atomic E-state index is 11.8. The van der Waals surface area contributed by atoms with Crippen LogP contribution in [0.3, 0.4) is 0 Å². The van der Waals surface area contributed by atoms with E-state index in [2.05, 4.69) is 10.5 Å². The molecule has 1 unspecified atom stereocenters. The Balaban J connectivity index is 1.78. The van der Waals surface area contributed by atoms with E-state index in [4.69, 9.17) is 16.3 Å². The first-order valence-corrected chi connectivity index (χ1v) is 7.50. The van der Waals surface area contributed by atoms with E-state index < -0.39 is 6.10 Å². The third kappa shape index (κ3) is 5.96.